The lowest BCUT2D eigenvalue weighted by molar-refractivity contribution is 0.669. The second-order valence-electron chi connectivity index (χ2n) is 14.0. The number of nitrogens with zero attached hydrogens (tertiary/aromatic N) is 1. The number of anilines is 3. The van der Waals surface area contributed by atoms with Crippen LogP contribution in [0.3, 0.4) is 0 Å². The zero-order valence-corrected chi connectivity index (χ0v) is 29.8. The van der Waals surface area contributed by atoms with Crippen LogP contribution in [0.1, 0.15) is 0 Å². The Morgan fingerprint density at radius 3 is 1.65 bits per heavy atom. The maximum Gasteiger partial charge on any atom is 0.159 e. The Morgan fingerprint density at radius 2 is 0.873 bits per heavy atom. The van der Waals surface area contributed by atoms with Crippen LogP contribution in [0.4, 0.5) is 17.1 Å². The molecule has 0 fully saturated rings. The highest BCUT2D eigenvalue weighted by Gasteiger charge is 2.25. The second kappa shape index (κ2) is 12.6. The molecule has 11 aromatic rings. The van der Waals surface area contributed by atoms with Gasteiger partial charge in [0.15, 0.2) is 5.58 Å². The van der Waals surface area contributed by atoms with Gasteiger partial charge >= 0.3 is 0 Å². The van der Waals surface area contributed by atoms with Crippen LogP contribution in [0.5, 0.6) is 0 Å². The molecule has 11 rings (SSSR count). The van der Waals surface area contributed by atoms with Crippen LogP contribution in [0.25, 0.3) is 88.0 Å². The van der Waals surface area contributed by atoms with Gasteiger partial charge in [-0.3, -0.25) is 0 Å². The molecule has 0 saturated carbocycles. The molecule has 0 spiro atoms. The minimum absolute atomic E-state index is 0.826. The first-order valence-corrected chi connectivity index (χ1v) is 18.7. The summed E-state index contributed by atoms with van der Waals surface area (Å²) in [5.41, 5.74) is 13.1. The van der Waals surface area contributed by atoms with Crippen LogP contribution in [-0.4, -0.2) is 0 Å². The van der Waals surface area contributed by atoms with Crippen molar-refractivity contribution in [2.45, 2.75) is 0 Å². The van der Waals surface area contributed by atoms with Crippen LogP contribution >= 0.6 is 0 Å². The first-order chi connectivity index (χ1) is 27.3. The molecule has 0 aliphatic rings. The molecule has 0 radical (unpaired) electrons. The van der Waals surface area contributed by atoms with Gasteiger partial charge in [0.1, 0.15) is 16.7 Å². The van der Waals surface area contributed by atoms with E-state index in [2.05, 4.69) is 193 Å². The quantitative estimate of drug-likeness (QED) is 0.173. The number of benzene rings is 9. The van der Waals surface area contributed by atoms with Crippen molar-refractivity contribution in [3.05, 3.63) is 200 Å². The van der Waals surface area contributed by atoms with Gasteiger partial charge in [0.2, 0.25) is 0 Å². The predicted octanol–water partition coefficient (Wildman–Crippen LogP) is 15.1. The van der Waals surface area contributed by atoms with Gasteiger partial charge in [-0.05, 0) is 69.4 Å². The Labute approximate surface area is 317 Å². The van der Waals surface area contributed by atoms with Crippen molar-refractivity contribution in [1.82, 2.24) is 0 Å². The molecular weight excluding hydrogens is 671 g/mol. The number of furan rings is 2. The third-order valence-electron chi connectivity index (χ3n) is 10.9. The van der Waals surface area contributed by atoms with E-state index in [4.69, 9.17) is 8.83 Å². The molecule has 9 aromatic carbocycles. The monoisotopic (exact) mass is 703 g/mol. The zero-order chi connectivity index (χ0) is 36.3. The molecular formula is C52H33NO2. The van der Waals surface area contributed by atoms with E-state index in [9.17, 15) is 0 Å². The van der Waals surface area contributed by atoms with Gasteiger partial charge in [-0.15, -0.1) is 0 Å². The largest absolute Gasteiger partial charge is 0.455 e. The van der Waals surface area contributed by atoms with Gasteiger partial charge in [0.25, 0.3) is 0 Å². The Bertz CT molecular complexity index is 3190. The van der Waals surface area contributed by atoms with Crippen LogP contribution in [0.15, 0.2) is 209 Å². The van der Waals surface area contributed by atoms with Crippen molar-refractivity contribution in [1.29, 1.82) is 0 Å². The molecule has 258 valence electrons. The molecule has 2 aromatic heterocycles. The van der Waals surface area contributed by atoms with Gasteiger partial charge < -0.3 is 13.7 Å². The first kappa shape index (κ1) is 31.2. The number of para-hydroxylation sites is 3. The second-order valence-corrected chi connectivity index (χ2v) is 14.0. The van der Waals surface area contributed by atoms with Crippen LogP contribution in [0.2, 0.25) is 0 Å². The van der Waals surface area contributed by atoms with Gasteiger partial charge in [0.05, 0.1) is 16.8 Å². The van der Waals surface area contributed by atoms with E-state index in [-0.39, 0.29) is 0 Å². The van der Waals surface area contributed by atoms with Crippen LogP contribution in [-0.2, 0) is 0 Å². The maximum absolute atomic E-state index is 7.04. The summed E-state index contributed by atoms with van der Waals surface area (Å²) >= 11 is 0. The summed E-state index contributed by atoms with van der Waals surface area (Å²) < 4.78 is 13.8. The average molecular weight is 704 g/mol. The summed E-state index contributed by atoms with van der Waals surface area (Å²) in [7, 11) is 0. The third-order valence-corrected chi connectivity index (χ3v) is 10.9. The molecule has 0 amide bonds. The molecule has 55 heavy (non-hydrogen) atoms. The topological polar surface area (TPSA) is 29.5 Å². The normalized spacial score (nSPS) is 11.6. The number of hydrogen-bond donors (Lipinski definition) is 0. The van der Waals surface area contributed by atoms with E-state index >= 15 is 0 Å². The van der Waals surface area contributed by atoms with Crippen molar-refractivity contribution in [3.63, 3.8) is 0 Å². The van der Waals surface area contributed by atoms with Crippen molar-refractivity contribution in [3.8, 4) is 33.4 Å². The molecule has 0 unspecified atom stereocenters. The molecule has 3 nitrogen and oxygen atoms in total. The maximum atomic E-state index is 7.04. The van der Waals surface area contributed by atoms with Crippen molar-refractivity contribution in [2.24, 2.45) is 0 Å². The Morgan fingerprint density at radius 1 is 0.309 bits per heavy atom. The zero-order valence-electron chi connectivity index (χ0n) is 29.8. The van der Waals surface area contributed by atoms with E-state index in [1.807, 2.05) is 12.1 Å². The standard InChI is InChI=1S/C52H33NO2/c1-3-14-35(15-4-1)41-23-12-24-43-44-25-13-26-47(51(44)55-50(41)43)53(38-30-28-37(29-31-38)40-22-11-19-34-18-7-8-20-39(34)40)46-33-32-42(36-16-5-2-6-17-36)52-49(46)45-21-9-10-27-48(45)54-52/h1-33H. The minimum Gasteiger partial charge on any atom is -0.455 e. The SMILES string of the molecule is c1ccc(-c2cccc3c2oc2c(N(c4ccc(-c5cccc6ccccc56)cc4)c4ccc(-c5ccccc5)c5oc6ccccc6c45)cccc23)cc1. The van der Waals surface area contributed by atoms with E-state index in [1.165, 1.54) is 16.3 Å². The fourth-order valence-electron chi connectivity index (χ4n) is 8.34. The van der Waals surface area contributed by atoms with Gasteiger partial charge in [-0.1, -0.05) is 164 Å². The Balaban J connectivity index is 1.19. The molecule has 0 aliphatic heterocycles. The number of rotatable bonds is 6. The van der Waals surface area contributed by atoms with Gasteiger partial charge in [0, 0.05) is 33.0 Å². The molecule has 0 N–H and O–H groups in total. The third kappa shape index (κ3) is 5.05. The van der Waals surface area contributed by atoms with E-state index in [0.717, 1.165) is 88.8 Å². The Kier molecular flexibility index (Phi) is 7.17. The molecule has 2 heterocycles. The smallest absolute Gasteiger partial charge is 0.159 e. The molecule has 0 aliphatic carbocycles. The summed E-state index contributed by atoms with van der Waals surface area (Å²) in [6.45, 7) is 0. The highest BCUT2D eigenvalue weighted by molar-refractivity contribution is 6.19. The average Bonchev–Trinajstić information content (AvgIpc) is 3.84. The highest BCUT2D eigenvalue weighted by Crippen LogP contribution is 2.49. The molecule has 3 heteroatoms. The lowest BCUT2D eigenvalue weighted by Crippen LogP contribution is -2.10. The number of fused-ring (bicyclic) bond motifs is 7. The van der Waals surface area contributed by atoms with E-state index in [0.29, 0.717) is 0 Å². The van der Waals surface area contributed by atoms with Crippen LogP contribution in [0, 0.1) is 0 Å². The van der Waals surface area contributed by atoms with Gasteiger partial charge in [-0.25, -0.2) is 0 Å². The molecule has 0 saturated heterocycles. The number of hydrogen-bond acceptors (Lipinski definition) is 3. The summed E-state index contributed by atoms with van der Waals surface area (Å²) in [5, 5.41) is 6.72. The molecule has 0 atom stereocenters. The summed E-state index contributed by atoms with van der Waals surface area (Å²) in [4.78, 5) is 2.35. The summed E-state index contributed by atoms with van der Waals surface area (Å²) in [6, 6.07) is 70.7. The predicted molar refractivity (Wildman–Crippen MR) is 229 cm³/mol. The first-order valence-electron chi connectivity index (χ1n) is 18.7. The van der Waals surface area contributed by atoms with Crippen LogP contribution < -0.4 is 4.90 Å². The lowest BCUT2D eigenvalue weighted by atomic mass is 9.97. The minimum atomic E-state index is 0.826. The lowest BCUT2D eigenvalue weighted by Gasteiger charge is -2.27. The van der Waals surface area contributed by atoms with Crippen molar-refractivity contribution in [2.75, 3.05) is 4.90 Å². The summed E-state index contributed by atoms with van der Waals surface area (Å²) in [6.07, 6.45) is 0. The molecule has 0 bridgehead atoms. The summed E-state index contributed by atoms with van der Waals surface area (Å²) in [5.74, 6) is 0. The van der Waals surface area contributed by atoms with Crippen molar-refractivity contribution < 1.29 is 8.83 Å². The van der Waals surface area contributed by atoms with Crippen molar-refractivity contribution >= 4 is 71.7 Å². The fourth-order valence-corrected chi connectivity index (χ4v) is 8.34. The highest BCUT2D eigenvalue weighted by atomic mass is 16.3. The van der Waals surface area contributed by atoms with Gasteiger partial charge in [-0.2, -0.15) is 0 Å². The Hall–Kier alpha value is -7.36. The fraction of sp³-hybridized carbons (Fsp3) is 0. The van der Waals surface area contributed by atoms with E-state index in [1.54, 1.807) is 0 Å². The van der Waals surface area contributed by atoms with E-state index < -0.39 is 0 Å².